The summed E-state index contributed by atoms with van der Waals surface area (Å²) in [6, 6.07) is 5.18. The molecule has 1 aliphatic heterocycles. The summed E-state index contributed by atoms with van der Waals surface area (Å²) in [5.41, 5.74) is 0.604. The summed E-state index contributed by atoms with van der Waals surface area (Å²) in [6.07, 6.45) is 3.55. The molecule has 7 nitrogen and oxygen atoms in total. The lowest BCUT2D eigenvalue weighted by Crippen LogP contribution is -2.35. The molecule has 3 rings (SSSR count). The third kappa shape index (κ3) is 5.68. The van der Waals surface area contributed by atoms with Gasteiger partial charge in [-0.3, -0.25) is 9.69 Å². The zero-order valence-electron chi connectivity index (χ0n) is 15.7. The number of nitrogens with zero attached hydrogens (tertiary/aromatic N) is 3. The first-order chi connectivity index (χ1) is 13.0. The standard InChI is InChI=1S/C19H25ClN4O3/c1-13-22-23-19(27-13)12-24-9-3-4-14(11-24)5-8-18(25)21-16-10-15(20)6-7-17(16)26-2/h6-7,10,14H,3-5,8-9,11-12H2,1-2H3,(H,21,25). The maximum Gasteiger partial charge on any atom is 0.230 e. The number of rotatable bonds is 7. The molecule has 1 atom stereocenters. The average Bonchev–Trinajstić information content (AvgIpc) is 3.05. The highest BCUT2D eigenvalue weighted by Crippen LogP contribution is 2.28. The van der Waals surface area contributed by atoms with Crippen LogP contribution < -0.4 is 10.1 Å². The highest BCUT2D eigenvalue weighted by Gasteiger charge is 2.22. The van der Waals surface area contributed by atoms with E-state index in [0.717, 1.165) is 32.4 Å². The van der Waals surface area contributed by atoms with Gasteiger partial charge in [-0.15, -0.1) is 10.2 Å². The number of aryl methyl sites for hydroxylation is 1. The number of aromatic nitrogens is 2. The second-order valence-corrected chi connectivity index (χ2v) is 7.33. The number of piperidine rings is 1. The van der Waals surface area contributed by atoms with E-state index in [4.69, 9.17) is 20.8 Å². The molecule has 146 valence electrons. The van der Waals surface area contributed by atoms with Crippen molar-refractivity contribution in [3.05, 3.63) is 35.0 Å². The van der Waals surface area contributed by atoms with Crippen LogP contribution in [-0.2, 0) is 11.3 Å². The molecule has 1 N–H and O–H groups in total. The number of carbonyl (C=O) groups excluding carboxylic acids is 1. The van der Waals surface area contributed by atoms with Gasteiger partial charge < -0.3 is 14.5 Å². The second kappa shape index (κ2) is 9.19. The third-order valence-corrected chi connectivity index (χ3v) is 4.98. The number of hydrogen-bond acceptors (Lipinski definition) is 6. The van der Waals surface area contributed by atoms with Crippen LogP contribution in [0.25, 0.3) is 0 Å². The van der Waals surface area contributed by atoms with Crippen LogP contribution in [0.2, 0.25) is 5.02 Å². The van der Waals surface area contributed by atoms with Crippen molar-refractivity contribution in [2.45, 2.75) is 39.2 Å². The number of anilines is 1. The van der Waals surface area contributed by atoms with E-state index in [1.807, 2.05) is 0 Å². The summed E-state index contributed by atoms with van der Waals surface area (Å²) < 4.78 is 10.7. The molecule has 1 saturated heterocycles. The molecule has 0 saturated carbocycles. The normalized spacial score (nSPS) is 17.7. The number of carbonyl (C=O) groups is 1. The lowest BCUT2D eigenvalue weighted by atomic mass is 9.93. The summed E-state index contributed by atoms with van der Waals surface area (Å²) in [7, 11) is 1.57. The minimum absolute atomic E-state index is 0.0276. The van der Waals surface area contributed by atoms with Crippen molar-refractivity contribution in [2.75, 3.05) is 25.5 Å². The fraction of sp³-hybridized carbons (Fsp3) is 0.526. The van der Waals surface area contributed by atoms with Gasteiger partial charge in [0, 0.05) is 24.9 Å². The summed E-state index contributed by atoms with van der Waals surface area (Å²) in [5.74, 6) is 2.30. The molecule has 2 aromatic rings. The summed E-state index contributed by atoms with van der Waals surface area (Å²) in [6.45, 7) is 4.42. The molecule has 27 heavy (non-hydrogen) atoms. The van der Waals surface area contributed by atoms with Crippen LogP contribution in [0, 0.1) is 12.8 Å². The first-order valence-electron chi connectivity index (χ1n) is 9.18. The van der Waals surface area contributed by atoms with E-state index in [1.165, 1.54) is 0 Å². The molecule has 1 aliphatic rings. The molecule has 1 amide bonds. The first-order valence-corrected chi connectivity index (χ1v) is 9.56. The van der Waals surface area contributed by atoms with E-state index in [0.29, 0.717) is 47.1 Å². The molecule has 1 unspecified atom stereocenters. The van der Waals surface area contributed by atoms with Crippen LogP contribution in [-0.4, -0.2) is 41.2 Å². The Morgan fingerprint density at radius 1 is 1.44 bits per heavy atom. The molecule has 2 heterocycles. The summed E-state index contributed by atoms with van der Waals surface area (Å²) in [5, 5.41) is 11.4. The zero-order chi connectivity index (χ0) is 19.2. The Morgan fingerprint density at radius 2 is 2.30 bits per heavy atom. The number of methoxy groups -OCH3 is 1. The molecule has 8 heteroatoms. The minimum Gasteiger partial charge on any atom is -0.495 e. The van der Waals surface area contributed by atoms with Crippen molar-refractivity contribution in [2.24, 2.45) is 5.92 Å². The number of amides is 1. The molecule has 1 aromatic heterocycles. The maximum absolute atomic E-state index is 12.4. The minimum atomic E-state index is -0.0276. The van der Waals surface area contributed by atoms with Gasteiger partial charge in [0.2, 0.25) is 17.7 Å². The highest BCUT2D eigenvalue weighted by atomic mass is 35.5. The molecular formula is C19H25ClN4O3. The topological polar surface area (TPSA) is 80.5 Å². The van der Waals surface area contributed by atoms with E-state index in [9.17, 15) is 4.79 Å². The molecule has 1 fully saturated rings. The predicted molar refractivity (Wildman–Crippen MR) is 103 cm³/mol. The van der Waals surface area contributed by atoms with Gasteiger partial charge in [0.1, 0.15) is 5.75 Å². The average molecular weight is 393 g/mol. The van der Waals surface area contributed by atoms with Gasteiger partial charge in [-0.05, 0) is 49.9 Å². The van der Waals surface area contributed by atoms with Crippen molar-refractivity contribution < 1.29 is 13.9 Å². The van der Waals surface area contributed by atoms with Crippen molar-refractivity contribution in [3.63, 3.8) is 0 Å². The number of benzene rings is 1. The molecule has 0 spiro atoms. The largest absolute Gasteiger partial charge is 0.495 e. The van der Waals surface area contributed by atoms with Crippen LogP contribution in [0.4, 0.5) is 5.69 Å². The Bertz CT molecular complexity index is 780. The monoisotopic (exact) mass is 392 g/mol. The predicted octanol–water partition coefficient (Wildman–Crippen LogP) is 3.67. The van der Waals surface area contributed by atoms with Crippen molar-refractivity contribution in [3.8, 4) is 5.75 Å². The van der Waals surface area contributed by atoms with Gasteiger partial charge in [-0.1, -0.05) is 11.6 Å². The third-order valence-electron chi connectivity index (χ3n) is 4.75. The van der Waals surface area contributed by atoms with Gasteiger partial charge in [0.05, 0.1) is 19.3 Å². The molecular weight excluding hydrogens is 368 g/mol. The number of hydrogen-bond donors (Lipinski definition) is 1. The fourth-order valence-electron chi connectivity index (χ4n) is 3.45. The van der Waals surface area contributed by atoms with Gasteiger partial charge in [0.15, 0.2) is 0 Å². The van der Waals surface area contributed by atoms with E-state index >= 15 is 0 Å². The van der Waals surface area contributed by atoms with Crippen LogP contribution in [0.5, 0.6) is 5.75 Å². The molecule has 0 radical (unpaired) electrons. The number of likely N-dealkylation sites (tertiary alicyclic amines) is 1. The van der Waals surface area contributed by atoms with Gasteiger partial charge in [-0.25, -0.2) is 0 Å². The van der Waals surface area contributed by atoms with E-state index < -0.39 is 0 Å². The number of ether oxygens (including phenoxy) is 1. The number of nitrogens with one attached hydrogen (secondary N) is 1. The molecule has 0 aliphatic carbocycles. The van der Waals surface area contributed by atoms with Crippen molar-refractivity contribution >= 4 is 23.2 Å². The van der Waals surface area contributed by atoms with Crippen molar-refractivity contribution in [1.82, 2.24) is 15.1 Å². The Morgan fingerprint density at radius 3 is 3.04 bits per heavy atom. The van der Waals surface area contributed by atoms with Crippen LogP contribution in [0.3, 0.4) is 0 Å². The lowest BCUT2D eigenvalue weighted by Gasteiger charge is -2.31. The smallest absolute Gasteiger partial charge is 0.230 e. The van der Waals surface area contributed by atoms with Crippen LogP contribution in [0.1, 0.15) is 37.5 Å². The van der Waals surface area contributed by atoms with Crippen molar-refractivity contribution in [1.29, 1.82) is 0 Å². The maximum atomic E-state index is 12.4. The van der Waals surface area contributed by atoms with E-state index in [-0.39, 0.29) is 5.91 Å². The Labute approximate surface area is 164 Å². The van der Waals surface area contributed by atoms with Crippen LogP contribution >= 0.6 is 11.6 Å². The van der Waals surface area contributed by atoms with Gasteiger partial charge in [0.25, 0.3) is 0 Å². The van der Waals surface area contributed by atoms with E-state index in [2.05, 4.69) is 20.4 Å². The SMILES string of the molecule is COc1ccc(Cl)cc1NC(=O)CCC1CCCN(Cc2nnc(C)o2)C1. The Balaban J connectivity index is 1.47. The van der Waals surface area contributed by atoms with Crippen LogP contribution in [0.15, 0.2) is 22.6 Å². The Hall–Kier alpha value is -2.12. The second-order valence-electron chi connectivity index (χ2n) is 6.89. The zero-order valence-corrected chi connectivity index (χ0v) is 16.5. The quantitative estimate of drug-likeness (QED) is 0.774. The number of halogens is 1. The molecule has 0 bridgehead atoms. The summed E-state index contributed by atoms with van der Waals surface area (Å²) >= 11 is 6.01. The van der Waals surface area contributed by atoms with Gasteiger partial charge in [-0.2, -0.15) is 0 Å². The van der Waals surface area contributed by atoms with Gasteiger partial charge >= 0.3 is 0 Å². The Kier molecular flexibility index (Phi) is 6.68. The fourth-order valence-corrected chi connectivity index (χ4v) is 3.62. The highest BCUT2D eigenvalue weighted by molar-refractivity contribution is 6.31. The van der Waals surface area contributed by atoms with E-state index in [1.54, 1.807) is 32.2 Å². The molecule has 1 aromatic carbocycles. The first kappa shape index (κ1) is 19.6. The lowest BCUT2D eigenvalue weighted by molar-refractivity contribution is -0.116. The summed E-state index contributed by atoms with van der Waals surface area (Å²) in [4.78, 5) is 14.7.